The second-order valence-corrected chi connectivity index (χ2v) is 10.5. The van der Waals surface area contributed by atoms with Gasteiger partial charge in [0, 0.05) is 37.4 Å². The molecule has 0 unspecified atom stereocenters. The van der Waals surface area contributed by atoms with Crippen LogP contribution in [0.5, 0.6) is 0 Å². The summed E-state index contributed by atoms with van der Waals surface area (Å²) in [5, 5.41) is 18.2. The summed E-state index contributed by atoms with van der Waals surface area (Å²) in [6, 6.07) is 4.53. The maximum Gasteiger partial charge on any atom is 0.201 e. The van der Waals surface area contributed by atoms with Crippen molar-refractivity contribution in [3.8, 4) is 0 Å². The van der Waals surface area contributed by atoms with Crippen molar-refractivity contribution in [2.45, 2.75) is 0 Å². The van der Waals surface area contributed by atoms with Crippen LogP contribution in [0.1, 0.15) is 5.56 Å². The smallest absolute Gasteiger partial charge is 0.201 e. The molecule has 1 aromatic heterocycles. The highest BCUT2D eigenvalue weighted by Gasteiger charge is 2.23. The van der Waals surface area contributed by atoms with Crippen LogP contribution in [0.25, 0.3) is 11.0 Å². The quantitative estimate of drug-likeness (QED) is 0.124. The minimum atomic E-state index is -2.48. The zero-order valence-corrected chi connectivity index (χ0v) is 19.2. The van der Waals surface area contributed by atoms with E-state index in [-0.39, 0.29) is 39.1 Å². The van der Waals surface area contributed by atoms with E-state index in [2.05, 4.69) is 25.8 Å². The number of aromatic amines is 1. The molecule has 184 valence electrons. The molecule has 0 amide bonds. The molecule has 0 spiro atoms. The van der Waals surface area contributed by atoms with Gasteiger partial charge in [-0.05, 0) is 24.3 Å². The van der Waals surface area contributed by atoms with Crippen LogP contribution in [0, 0.1) is 17.5 Å². The van der Waals surface area contributed by atoms with Gasteiger partial charge in [-0.2, -0.15) is 10.6 Å². The van der Waals surface area contributed by atoms with Crippen molar-refractivity contribution < 1.29 is 27.5 Å². The summed E-state index contributed by atoms with van der Waals surface area (Å²) in [6.07, 6.45) is 0. The summed E-state index contributed by atoms with van der Waals surface area (Å²) >= 11 is 5.77. The number of aromatic nitrogens is 2. The Hall–Kier alpha value is -2.71. The molecule has 1 aliphatic heterocycles. The van der Waals surface area contributed by atoms with E-state index in [0.29, 0.717) is 37.7 Å². The Morgan fingerprint density at radius 1 is 1.18 bits per heavy atom. The lowest BCUT2D eigenvalue weighted by molar-refractivity contribution is 0.295. The molecule has 9 nitrogen and oxygen atoms in total. The Balaban J connectivity index is 1.53. The number of H-pyrrole nitrogens is 1. The van der Waals surface area contributed by atoms with Gasteiger partial charge in [0.1, 0.15) is 11.3 Å². The molecular formula is C20H22ClF3N6O3S. The van der Waals surface area contributed by atoms with Crippen LogP contribution in [0.4, 0.5) is 24.8 Å². The van der Waals surface area contributed by atoms with Gasteiger partial charge < -0.3 is 20.8 Å². The Morgan fingerprint density at radius 3 is 2.59 bits per heavy atom. The molecule has 0 bridgehead atoms. The lowest BCUT2D eigenvalue weighted by Gasteiger charge is -2.40. The van der Waals surface area contributed by atoms with E-state index in [1.165, 1.54) is 12.1 Å². The number of fused-ring (bicyclic) bond motifs is 1. The van der Waals surface area contributed by atoms with Crippen LogP contribution < -0.4 is 10.6 Å². The Kier molecular flexibility index (Phi) is 7.09. The van der Waals surface area contributed by atoms with E-state index in [0.717, 1.165) is 12.1 Å². The summed E-state index contributed by atoms with van der Waals surface area (Å²) < 4.78 is 61.6. The second kappa shape index (κ2) is 9.88. The van der Waals surface area contributed by atoms with E-state index < -0.39 is 28.0 Å². The fourth-order valence-electron chi connectivity index (χ4n) is 3.55. The van der Waals surface area contributed by atoms with Gasteiger partial charge in [-0.3, -0.25) is 14.0 Å². The number of hydrogen-bond acceptors (Lipinski definition) is 7. The highest BCUT2D eigenvalue weighted by molar-refractivity contribution is 8.24. The average molecular weight is 519 g/mol. The van der Waals surface area contributed by atoms with Crippen LogP contribution in [0.15, 0.2) is 29.4 Å². The van der Waals surface area contributed by atoms with Crippen LogP contribution in [0.2, 0.25) is 5.02 Å². The highest BCUT2D eigenvalue weighted by atomic mass is 35.5. The van der Waals surface area contributed by atoms with Crippen molar-refractivity contribution in [3.05, 3.63) is 52.3 Å². The van der Waals surface area contributed by atoms with Gasteiger partial charge in [0.05, 0.1) is 22.0 Å². The molecule has 1 fully saturated rings. The van der Waals surface area contributed by atoms with Crippen LogP contribution >= 0.6 is 22.2 Å². The Bertz CT molecular complexity index is 1230. The molecule has 0 radical (unpaired) electrons. The standard InChI is InChI=1S/C20H22ClF3N6O3S/c21-13-9-11(1-2-14(13)22)26-19(29-31)12-10-15(23)16(24)18-17(12)27-20(28-18)25-3-4-30-5-7-34(32,33)8-6-30/h1-2,9-10,31-33H,3-8H2,(H,26,29)(H2,25,27,28). The summed E-state index contributed by atoms with van der Waals surface area (Å²) in [4.78, 5) is 8.99. The van der Waals surface area contributed by atoms with Gasteiger partial charge in [0.25, 0.3) is 0 Å². The molecule has 0 atom stereocenters. The molecule has 3 aromatic rings. The maximum absolute atomic E-state index is 14.4. The summed E-state index contributed by atoms with van der Waals surface area (Å²) in [5.74, 6) is -2.45. The van der Waals surface area contributed by atoms with Gasteiger partial charge in [-0.15, -0.1) is 0 Å². The third-order valence-corrected chi connectivity index (χ3v) is 7.35. The highest BCUT2D eigenvalue weighted by Crippen LogP contribution is 2.40. The van der Waals surface area contributed by atoms with Gasteiger partial charge >= 0.3 is 0 Å². The number of imidazole rings is 1. The van der Waals surface area contributed by atoms with Crippen molar-refractivity contribution in [2.24, 2.45) is 5.16 Å². The molecule has 1 saturated heterocycles. The number of anilines is 2. The van der Waals surface area contributed by atoms with Crippen molar-refractivity contribution >= 4 is 50.7 Å². The van der Waals surface area contributed by atoms with Crippen LogP contribution in [-0.4, -0.2) is 72.7 Å². The first-order chi connectivity index (χ1) is 16.2. The monoisotopic (exact) mass is 518 g/mol. The van der Waals surface area contributed by atoms with Crippen molar-refractivity contribution in [3.63, 3.8) is 0 Å². The zero-order chi connectivity index (χ0) is 24.5. The fraction of sp³-hybridized carbons (Fsp3) is 0.300. The molecule has 4 rings (SSSR count). The van der Waals surface area contributed by atoms with Crippen molar-refractivity contribution in [2.75, 3.05) is 48.3 Å². The molecule has 34 heavy (non-hydrogen) atoms. The Labute approximate surface area is 199 Å². The average Bonchev–Trinajstić information content (AvgIpc) is 3.23. The molecule has 1 aliphatic rings. The summed E-state index contributed by atoms with van der Waals surface area (Å²) in [7, 11) is -2.48. The molecule has 14 heteroatoms. The van der Waals surface area contributed by atoms with E-state index in [9.17, 15) is 27.5 Å². The fourth-order valence-corrected chi connectivity index (χ4v) is 5.04. The van der Waals surface area contributed by atoms with Gasteiger partial charge in [-0.1, -0.05) is 16.8 Å². The first kappa shape index (κ1) is 24.4. The summed E-state index contributed by atoms with van der Waals surface area (Å²) in [6.45, 7) is 2.07. The molecule has 2 aromatic carbocycles. The number of nitrogens with one attached hydrogen (secondary N) is 3. The molecule has 0 aliphatic carbocycles. The summed E-state index contributed by atoms with van der Waals surface area (Å²) in [5.41, 5.74) is 0.0121. The predicted octanol–water partition coefficient (Wildman–Crippen LogP) is 4.36. The van der Waals surface area contributed by atoms with Crippen molar-refractivity contribution in [1.82, 2.24) is 14.9 Å². The van der Waals surface area contributed by atoms with E-state index in [4.69, 9.17) is 11.6 Å². The van der Waals surface area contributed by atoms with Crippen LogP contribution in [-0.2, 0) is 0 Å². The normalized spacial score (nSPS) is 17.6. The SMILES string of the molecule is O/N=C(/Nc1ccc(F)c(Cl)c1)c1cc(F)c(F)c2nc(NCCN3CCS(O)(O)CC3)[nH]c12. The largest absolute Gasteiger partial charge is 0.409 e. The van der Waals surface area contributed by atoms with Crippen molar-refractivity contribution in [1.29, 1.82) is 0 Å². The maximum atomic E-state index is 14.4. The first-order valence-corrected chi connectivity index (χ1v) is 12.4. The zero-order valence-electron chi connectivity index (χ0n) is 17.7. The first-order valence-electron chi connectivity index (χ1n) is 10.2. The van der Waals surface area contributed by atoms with Gasteiger partial charge in [-0.25, -0.2) is 18.2 Å². The van der Waals surface area contributed by atoms with E-state index in [1.807, 2.05) is 4.90 Å². The second-order valence-electron chi connectivity index (χ2n) is 7.71. The number of hydrogen-bond donors (Lipinski definition) is 6. The number of amidine groups is 1. The van der Waals surface area contributed by atoms with Crippen LogP contribution in [0.3, 0.4) is 0 Å². The number of rotatable bonds is 6. The van der Waals surface area contributed by atoms with Gasteiger partial charge in [0.2, 0.25) is 5.95 Å². The third-order valence-electron chi connectivity index (χ3n) is 5.39. The lowest BCUT2D eigenvalue weighted by atomic mass is 10.1. The third kappa shape index (κ3) is 5.33. The Morgan fingerprint density at radius 2 is 1.91 bits per heavy atom. The minimum Gasteiger partial charge on any atom is -0.409 e. The molecule has 2 heterocycles. The minimum absolute atomic E-state index is 0.0152. The molecular weight excluding hydrogens is 497 g/mol. The number of benzene rings is 2. The topological polar surface area (TPSA) is 129 Å². The van der Waals surface area contributed by atoms with E-state index >= 15 is 0 Å². The van der Waals surface area contributed by atoms with Gasteiger partial charge in [0.15, 0.2) is 17.5 Å². The molecule has 6 N–H and O–H groups in total. The number of nitrogens with zero attached hydrogens (tertiary/aromatic N) is 3. The molecule has 0 saturated carbocycles. The number of halogens is 4. The lowest BCUT2D eigenvalue weighted by Crippen LogP contribution is -2.40. The van der Waals surface area contributed by atoms with E-state index in [1.54, 1.807) is 0 Å². The number of oxime groups is 1. The predicted molar refractivity (Wildman–Crippen MR) is 127 cm³/mol.